The molecule has 2 heterocycles. The smallest absolute Gasteiger partial charge is 0.146 e. The van der Waals surface area contributed by atoms with Crippen LogP contribution in [0.1, 0.15) is 0 Å². The molecule has 0 saturated carbocycles. The van der Waals surface area contributed by atoms with E-state index in [2.05, 4.69) is 4.99 Å². The number of hydrogen-bond donors (Lipinski definition) is 1. The van der Waals surface area contributed by atoms with E-state index < -0.39 is 0 Å². The minimum atomic E-state index is 0.816. The molecule has 0 aromatic heterocycles. The second kappa shape index (κ2) is 1.85. The molecule has 10 heavy (non-hydrogen) atoms. The Bertz CT molecular complexity index is 228. The molecule has 0 aromatic rings. The van der Waals surface area contributed by atoms with Crippen molar-refractivity contribution in [2.24, 2.45) is 10.8 Å². The highest BCUT2D eigenvalue weighted by Crippen LogP contribution is 2.16. The van der Waals surface area contributed by atoms with Gasteiger partial charge in [0.15, 0.2) is 0 Å². The fourth-order valence-electron chi connectivity index (χ4n) is 1.00. The molecule has 0 saturated heterocycles. The molecule has 52 valence electrons. The third-order valence-electron chi connectivity index (χ3n) is 1.54. The Kier molecular flexibility index (Phi) is 1.01. The lowest BCUT2D eigenvalue weighted by Gasteiger charge is -2.21. The van der Waals surface area contributed by atoms with Gasteiger partial charge in [-0.05, 0) is 0 Å². The maximum absolute atomic E-state index is 5.55. The third-order valence-corrected chi connectivity index (χ3v) is 1.54. The number of fused-ring (bicyclic) bond motifs is 1. The van der Waals surface area contributed by atoms with Gasteiger partial charge in [-0.15, -0.1) is 0 Å². The van der Waals surface area contributed by atoms with Gasteiger partial charge in [0.2, 0.25) is 0 Å². The molecule has 2 rings (SSSR count). The van der Waals surface area contributed by atoms with Crippen molar-refractivity contribution in [2.75, 3.05) is 6.54 Å². The van der Waals surface area contributed by atoms with Gasteiger partial charge in [-0.1, -0.05) is 0 Å². The Hall–Kier alpha value is -1.29. The Morgan fingerprint density at radius 2 is 2.40 bits per heavy atom. The normalized spacial score (nSPS) is 21.5. The van der Waals surface area contributed by atoms with Gasteiger partial charge in [0.05, 0.1) is 12.7 Å². The fourth-order valence-corrected chi connectivity index (χ4v) is 1.00. The van der Waals surface area contributed by atoms with E-state index in [-0.39, 0.29) is 0 Å². The first-order chi connectivity index (χ1) is 4.88. The molecule has 4 nitrogen and oxygen atoms in total. The second-order valence-electron chi connectivity index (χ2n) is 2.18. The lowest BCUT2D eigenvalue weighted by atomic mass is 10.5. The predicted molar refractivity (Wildman–Crippen MR) is 38.4 cm³/mol. The molecule has 2 aliphatic rings. The summed E-state index contributed by atoms with van der Waals surface area (Å²) in [5.74, 6) is 6.48. The average molecular weight is 136 g/mol. The standard InChI is InChI=1S/C6H8N4/c7-10-4-3-9-2-1-8-5-6(9)10/h1,3-5H,2,7H2. The maximum atomic E-state index is 5.55. The van der Waals surface area contributed by atoms with E-state index in [4.69, 9.17) is 5.84 Å². The summed E-state index contributed by atoms with van der Waals surface area (Å²) < 4.78 is 0. The minimum Gasteiger partial charge on any atom is -0.325 e. The molecular weight excluding hydrogens is 128 g/mol. The fraction of sp³-hybridized carbons (Fsp3) is 0.167. The molecule has 0 unspecified atom stereocenters. The zero-order chi connectivity index (χ0) is 6.97. The van der Waals surface area contributed by atoms with E-state index in [1.807, 2.05) is 17.3 Å². The Labute approximate surface area is 58.9 Å². The van der Waals surface area contributed by atoms with Gasteiger partial charge in [0.1, 0.15) is 5.82 Å². The van der Waals surface area contributed by atoms with Gasteiger partial charge in [0, 0.05) is 18.6 Å². The molecule has 0 atom stereocenters. The van der Waals surface area contributed by atoms with Crippen molar-refractivity contribution >= 4 is 6.21 Å². The summed E-state index contributed by atoms with van der Waals surface area (Å²) in [7, 11) is 0. The van der Waals surface area contributed by atoms with Crippen LogP contribution in [0.4, 0.5) is 0 Å². The molecule has 0 aromatic carbocycles. The quantitative estimate of drug-likeness (QED) is 0.470. The molecule has 2 aliphatic heterocycles. The Morgan fingerprint density at radius 1 is 1.50 bits per heavy atom. The highest BCUT2D eigenvalue weighted by molar-refractivity contribution is 5.63. The van der Waals surface area contributed by atoms with Crippen molar-refractivity contribution in [3.05, 3.63) is 24.4 Å². The zero-order valence-corrected chi connectivity index (χ0v) is 5.44. The largest absolute Gasteiger partial charge is 0.325 e. The van der Waals surface area contributed by atoms with Gasteiger partial charge in [0.25, 0.3) is 0 Å². The molecule has 2 N–H and O–H groups in total. The summed E-state index contributed by atoms with van der Waals surface area (Å²) in [5, 5.41) is 1.55. The Balaban J connectivity index is 2.32. The molecule has 4 heteroatoms. The van der Waals surface area contributed by atoms with Gasteiger partial charge in [-0.2, -0.15) is 0 Å². The molecule has 0 fully saturated rings. The van der Waals surface area contributed by atoms with Crippen molar-refractivity contribution in [2.45, 2.75) is 0 Å². The maximum Gasteiger partial charge on any atom is 0.146 e. The zero-order valence-electron chi connectivity index (χ0n) is 5.44. The van der Waals surface area contributed by atoms with E-state index in [1.54, 1.807) is 17.4 Å². The SMILES string of the molecule is NN1C=CN2CC=NC=C12. The van der Waals surface area contributed by atoms with Crippen LogP contribution in [0.3, 0.4) is 0 Å². The van der Waals surface area contributed by atoms with Crippen LogP contribution in [0, 0.1) is 0 Å². The molecule has 0 radical (unpaired) electrons. The molecule has 0 spiro atoms. The monoisotopic (exact) mass is 136 g/mol. The van der Waals surface area contributed by atoms with Crippen LogP contribution < -0.4 is 5.84 Å². The summed E-state index contributed by atoms with van der Waals surface area (Å²) in [4.78, 5) is 6.00. The van der Waals surface area contributed by atoms with Crippen LogP contribution >= 0.6 is 0 Å². The first-order valence-electron chi connectivity index (χ1n) is 3.08. The van der Waals surface area contributed by atoms with E-state index in [9.17, 15) is 0 Å². The highest BCUT2D eigenvalue weighted by Gasteiger charge is 2.17. The predicted octanol–water partition coefficient (Wildman–Crippen LogP) is -0.168. The lowest BCUT2D eigenvalue weighted by Crippen LogP contribution is -2.30. The number of nitrogens with two attached hydrogens (primary N) is 1. The van der Waals surface area contributed by atoms with Crippen LogP contribution in [-0.4, -0.2) is 22.7 Å². The summed E-state index contributed by atoms with van der Waals surface area (Å²) in [5.41, 5.74) is 0. The first kappa shape index (κ1) is 5.49. The van der Waals surface area contributed by atoms with Crippen molar-refractivity contribution in [3.8, 4) is 0 Å². The van der Waals surface area contributed by atoms with Crippen molar-refractivity contribution in [3.63, 3.8) is 0 Å². The highest BCUT2D eigenvalue weighted by atomic mass is 15.5. The molecule has 0 aliphatic carbocycles. The third kappa shape index (κ3) is 0.625. The van der Waals surface area contributed by atoms with Crippen LogP contribution in [0.2, 0.25) is 0 Å². The van der Waals surface area contributed by atoms with Crippen molar-refractivity contribution < 1.29 is 0 Å². The van der Waals surface area contributed by atoms with Gasteiger partial charge in [-0.3, -0.25) is 10.0 Å². The number of aliphatic imine (C=N–C) groups is 1. The number of nitrogens with zero attached hydrogens (tertiary/aromatic N) is 3. The Morgan fingerprint density at radius 3 is 3.20 bits per heavy atom. The van der Waals surface area contributed by atoms with E-state index in [0.717, 1.165) is 12.4 Å². The van der Waals surface area contributed by atoms with Gasteiger partial charge < -0.3 is 4.90 Å². The van der Waals surface area contributed by atoms with Crippen molar-refractivity contribution in [1.82, 2.24) is 9.91 Å². The second-order valence-corrected chi connectivity index (χ2v) is 2.18. The van der Waals surface area contributed by atoms with E-state index >= 15 is 0 Å². The summed E-state index contributed by atoms with van der Waals surface area (Å²) in [6.07, 6.45) is 7.31. The van der Waals surface area contributed by atoms with Gasteiger partial charge >= 0.3 is 0 Å². The first-order valence-corrected chi connectivity index (χ1v) is 3.08. The lowest BCUT2D eigenvalue weighted by molar-refractivity contribution is 0.388. The topological polar surface area (TPSA) is 44.9 Å². The number of hydrazine groups is 1. The summed E-state index contributed by atoms with van der Waals surface area (Å²) in [6, 6.07) is 0. The van der Waals surface area contributed by atoms with Crippen LogP contribution in [0.15, 0.2) is 29.4 Å². The van der Waals surface area contributed by atoms with E-state index in [0.29, 0.717) is 0 Å². The van der Waals surface area contributed by atoms with Crippen LogP contribution in [0.5, 0.6) is 0 Å². The average Bonchev–Trinajstić information content (AvgIpc) is 2.34. The molecular formula is C6H8N4. The van der Waals surface area contributed by atoms with Crippen LogP contribution in [0.25, 0.3) is 0 Å². The minimum absolute atomic E-state index is 0.816. The van der Waals surface area contributed by atoms with Crippen molar-refractivity contribution in [1.29, 1.82) is 0 Å². The molecule has 0 amide bonds. The van der Waals surface area contributed by atoms with Gasteiger partial charge in [-0.25, -0.2) is 5.84 Å². The van der Waals surface area contributed by atoms with E-state index in [1.165, 1.54) is 0 Å². The summed E-state index contributed by atoms with van der Waals surface area (Å²) >= 11 is 0. The molecule has 0 bridgehead atoms. The summed E-state index contributed by atoms with van der Waals surface area (Å²) in [6.45, 7) is 0.816. The number of rotatable bonds is 0. The number of hydrogen-bond acceptors (Lipinski definition) is 4. The van der Waals surface area contributed by atoms with Crippen LogP contribution in [-0.2, 0) is 0 Å².